The number of hydrogen-bond donors (Lipinski definition) is 2. The molecule has 1 atom stereocenters. The summed E-state index contributed by atoms with van der Waals surface area (Å²) in [7, 11) is 1.39. The average molecular weight is 284 g/mol. The zero-order valence-corrected chi connectivity index (χ0v) is 11.2. The van der Waals surface area contributed by atoms with Crippen LogP contribution < -0.4 is 14.8 Å². The van der Waals surface area contributed by atoms with E-state index in [-0.39, 0.29) is 18.0 Å². The second-order valence-corrected chi connectivity index (χ2v) is 3.85. The number of carbonyl (C=O) groups is 1. The fourth-order valence-corrected chi connectivity index (χ4v) is 1.53. The Balaban J connectivity index is 2.86. The first-order chi connectivity index (χ1) is 9.49. The van der Waals surface area contributed by atoms with Crippen molar-refractivity contribution in [3.05, 3.63) is 28.3 Å². The van der Waals surface area contributed by atoms with Crippen LogP contribution in [0.1, 0.15) is 6.92 Å². The van der Waals surface area contributed by atoms with Gasteiger partial charge in [-0.3, -0.25) is 14.9 Å². The number of carboxylic acids is 1. The Morgan fingerprint density at radius 3 is 2.75 bits per heavy atom. The van der Waals surface area contributed by atoms with Crippen LogP contribution in [-0.2, 0) is 4.79 Å². The van der Waals surface area contributed by atoms with E-state index in [9.17, 15) is 14.9 Å². The highest BCUT2D eigenvalue weighted by atomic mass is 16.6. The molecule has 0 aliphatic rings. The monoisotopic (exact) mass is 284 g/mol. The number of nitrogens with one attached hydrogen (secondary N) is 1. The number of aliphatic carboxylic acids is 1. The summed E-state index contributed by atoms with van der Waals surface area (Å²) in [6, 6.07) is 3.17. The van der Waals surface area contributed by atoms with Gasteiger partial charge in [0.05, 0.1) is 18.1 Å². The molecule has 0 aromatic heterocycles. The van der Waals surface area contributed by atoms with Crippen LogP contribution in [0.5, 0.6) is 11.5 Å². The van der Waals surface area contributed by atoms with Crippen LogP contribution in [0, 0.1) is 10.1 Å². The summed E-state index contributed by atoms with van der Waals surface area (Å²) >= 11 is 0. The van der Waals surface area contributed by atoms with Crippen molar-refractivity contribution in [3.63, 3.8) is 0 Å². The van der Waals surface area contributed by atoms with Gasteiger partial charge in [0.1, 0.15) is 18.4 Å². The smallest absolute Gasteiger partial charge is 0.324 e. The largest absolute Gasteiger partial charge is 0.496 e. The molecule has 0 saturated carbocycles. The van der Waals surface area contributed by atoms with Gasteiger partial charge in [-0.2, -0.15) is 0 Å². The van der Waals surface area contributed by atoms with Crippen molar-refractivity contribution in [3.8, 4) is 11.5 Å². The fraction of sp³-hybridized carbons (Fsp3) is 0.417. The Morgan fingerprint density at radius 1 is 1.55 bits per heavy atom. The van der Waals surface area contributed by atoms with E-state index in [1.807, 2.05) is 0 Å². The van der Waals surface area contributed by atoms with Crippen molar-refractivity contribution in [2.24, 2.45) is 0 Å². The molecule has 0 aliphatic carbocycles. The molecule has 0 saturated heterocycles. The standard InChI is InChI=1S/C12H16N2O6/c1-3-13-9(12(15)16)7-20-11-5-4-8(19-2)6-10(11)14(17)18/h4-6,9,13H,3,7H2,1-2H3,(H,15,16). The van der Waals surface area contributed by atoms with Gasteiger partial charge in [0.2, 0.25) is 0 Å². The lowest BCUT2D eigenvalue weighted by atomic mass is 10.2. The molecule has 0 fully saturated rings. The summed E-state index contributed by atoms with van der Waals surface area (Å²) in [6.07, 6.45) is 0. The average Bonchev–Trinajstić information content (AvgIpc) is 2.42. The number of likely N-dealkylation sites (N-methyl/N-ethyl adjacent to an activating group) is 1. The molecule has 0 amide bonds. The second kappa shape index (κ2) is 7.29. The first kappa shape index (κ1) is 15.7. The van der Waals surface area contributed by atoms with E-state index in [4.69, 9.17) is 14.6 Å². The molecule has 110 valence electrons. The zero-order chi connectivity index (χ0) is 15.1. The van der Waals surface area contributed by atoms with Gasteiger partial charge in [-0.15, -0.1) is 0 Å². The fourth-order valence-electron chi connectivity index (χ4n) is 1.53. The van der Waals surface area contributed by atoms with Crippen molar-refractivity contribution >= 4 is 11.7 Å². The van der Waals surface area contributed by atoms with Crippen molar-refractivity contribution in [2.75, 3.05) is 20.3 Å². The summed E-state index contributed by atoms with van der Waals surface area (Å²) in [5.41, 5.74) is -0.273. The van der Waals surface area contributed by atoms with Crippen LogP contribution in [0.4, 0.5) is 5.69 Å². The number of benzene rings is 1. The molecule has 0 bridgehead atoms. The lowest BCUT2D eigenvalue weighted by Crippen LogP contribution is -2.41. The summed E-state index contributed by atoms with van der Waals surface area (Å²) in [5, 5.41) is 22.6. The Bertz CT molecular complexity index is 491. The van der Waals surface area contributed by atoms with Gasteiger partial charge in [0, 0.05) is 0 Å². The minimum absolute atomic E-state index is 0.0000435. The number of nitro groups is 1. The van der Waals surface area contributed by atoms with Crippen molar-refractivity contribution < 1.29 is 24.3 Å². The molecule has 2 N–H and O–H groups in total. The lowest BCUT2D eigenvalue weighted by Gasteiger charge is -2.14. The Hall–Kier alpha value is -2.35. The topological polar surface area (TPSA) is 111 Å². The maximum atomic E-state index is 10.9. The first-order valence-corrected chi connectivity index (χ1v) is 5.91. The summed E-state index contributed by atoms with van der Waals surface area (Å²) in [5.74, 6) is -0.756. The first-order valence-electron chi connectivity index (χ1n) is 5.91. The molecular weight excluding hydrogens is 268 g/mol. The van der Waals surface area contributed by atoms with E-state index in [0.29, 0.717) is 12.3 Å². The number of nitro benzene ring substituents is 1. The van der Waals surface area contributed by atoms with Crippen molar-refractivity contribution in [2.45, 2.75) is 13.0 Å². The second-order valence-electron chi connectivity index (χ2n) is 3.85. The van der Waals surface area contributed by atoms with Gasteiger partial charge in [0.25, 0.3) is 0 Å². The predicted molar refractivity (Wildman–Crippen MR) is 70.2 cm³/mol. The molecule has 0 aliphatic heterocycles. The lowest BCUT2D eigenvalue weighted by molar-refractivity contribution is -0.386. The van der Waals surface area contributed by atoms with E-state index in [1.165, 1.54) is 25.3 Å². The van der Waals surface area contributed by atoms with Crippen LogP contribution in [0.2, 0.25) is 0 Å². The van der Waals surface area contributed by atoms with Crippen molar-refractivity contribution in [1.29, 1.82) is 0 Å². The molecule has 1 rings (SSSR count). The Morgan fingerprint density at radius 2 is 2.25 bits per heavy atom. The SMILES string of the molecule is CCNC(COc1ccc(OC)cc1[N+](=O)[O-])C(=O)O. The number of carboxylic acid groups (broad SMARTS) is 1. The van der Waals surface area contributed by atoms with Gasteiger partial charge in [-0.25, -0.2) is 0 Å². The third-order valence-corrected chi connectivity index (χ3v) is 2.52. The van der Waals surface area contributed by atoms with E-state index in [2.05, 4.69) is 5.32 Å². The maximum Gasteiger partial charge on any atom is 0.324 e. The van der Waals surface area contributed by atoms with Crippen LogP contribution in [0.3, 0.4) is 0 Å². The third kappa shape index (κ3) is 4.09. The summed E-state index contributed by atoms with van der Waals surface area (Å²) < 4.78 is 10.1. The molecule has 1 aromatic carbocycles. The van der Waals surface area contributed by atoms with Crippen LogP contribution in [-0.4, -0.2) is 42.3 Å². The van der Waals surface area contributed by atoms with Gasteiger partial charge in [-0.1, -0.05) is 6.92 Å². The molecule has 1 unspecified atom stereocenters. The molecule has 0 radical (unpaired) electrons. The van der Waals surface area contributed by atoms with Gasteiger partial charge >= 0.3 is 11.7 Å². The van der Waals surface area contributed by atoms with Gasteiger partial charge < -0.3 is 19.9 Å². The maximum absolute atomic E-state index is 10.9. The predicted octanol–water partition coefficient (Wildman–Crippen LogP) is 1.04. The minimum Gasteiger partial charge on any atom is -0.496 e. The number of hydrogen-bond acceptors (Lipinski definition) is 6. The van der Waals surface area contributed by atoms with Crippen LogP contribution >= 0.6 is 0 Å². The zero-order valence-electron chi connectivity index (χ0n) is 11.2. The Kier molecular flexibility index (Phi) is 5.73. The highest BCUT2D eigenvalue weighted by molar-refractivity contribution is 5.73. The van der Waals surface area contributed by atoms with Gasteiger partial charge in [0.15, 0.2) is 5.75 Å². The molecule has 0 heterocycles. The van der Waals surface area contributed by atoms with Crippen LogP contribution in [0.15, 0.2) is 18.2 Å². The number of methoxy groups -OCH3 is 1. The molecule has 8 heteroatoms. The van der Waals surface area contributed by atoms with Crippen LogP contribution in [0.25, 0.3) is 0 Å². The summed E-state index contributed by atoms with van der Waals surface area (Å²) in [6.45, 7) is 1.99. The van der Waals surface area contributed by atoms with E-state index in [1.54, 1.807) is 6.92 Å². The molecular formula is C12H16N2O6. The number of ether oxygens (including phenoxy) is 2. The Labute approximate surface area is 115 Å². The summed E-state index contributed by atoms with van der Waals surface area (Å²) in [4.78, 5) is 21.3. The van der Waals surface area contributed by atoms with Gasteiger partial charge in [-0.05, 0) is 18.7 Å². The highest BCUT2D eigenvalue weighted by Crippen LogP contribution is 2.31. The van der Waals surface area contributed by atoms with E-state index in [0.717, 1.165) is 0 Å². The van der Waals surface area contributed by atoms with Crippen molar-refractivity contribution in [1.82, 2.24) is 5.32 Å². The third-order valence-electron chi connectivity index (χ3n) is 2.52. The molecule has 1 aromatic rings. The van der Waals surface area contributed by atoms with E-state index >= 15 is 0 Å². The minimum atomic E-state index is -1.08. The molecule has 20 heavy (non-hydrogen) atoms. The molecule has 0 spiro atoms. The molecule has 8 nitrogen and oxygen atoms in total. The number of rotatable bonds is 8. The highest BCUT2D eigenvalue weighted by Gasteiger charge is 2.21. The normalized spacial score (nSPS) is 11.7. The quantitative estimate of drug-likeness (QED) is 0.542. The van der Waals surface area contributed by atoms with E-state index < -0.39 is 16.9 Å². The number of nitrogens with zero attached hydrogens (tertiary/aromatic N) is 1.